The number of rotatable bonds is 4. The van der Waals surface area contributed by atoms with Crippen molar-refractivity contribution in [2.24, 2.45) is 5.92 Å². The van der Waals surface area contributed by atoms with E-state index in [1.54, 1.807) is 0 Å². The van der Waals surface area contributed by atoms with Gasteiger partial charge in [-0.25, -0.2) is 0 Å². The van der Waals surface area contributed by atoms with Crippen molar-refractivity contribution in [1.29, 1.82) is 0 Å². The largest absolute Gasteiger partial charge is 0.397 e. The highest BCUT2D eigenvalue weighted by molar-refractivity contribution is 6.43. The lowest BCUT2D eigenvalue weighted by Crippen LogP contribution is -2.38. The SMILES string of the molecule is CCC(NC(=O)c1cc(N)c(Cl)c(Cl)c1)C(C)C. The summed E-state index contributed by atoms with van der Waals surface area (Å²) in [6.07, 6.45) is 0.875. The average Bonchev–Trinajstić information content (AvgIpc) is 2.31. The normalized spacial score (nSPS) is 12.6. The van der Waals surface area contributed by atoms with Gasteiger partial charge in [0.15, 0.2) is 0 Å². The van der Waals surface area contributed by atoms with Crippen molar-refractivity contribution < 1.29 is 4.79 Å². The predicted octanol–water partition coefficient (Wildman–Crippen LogP) is 3.74. The Morgan fingerprint density at radius 3 is 2.44 bits per heavy atom. The van der Waals surface area contributed by atoms with E-state index in [9.17, 15) is 4.79 Å². The summed E-state index contributed by atoms with van der Waals surface area (Å²) < 4.78 is 0. The molecule has 5 heteroatoms. The Morgan fingerprint density at radius 1 is 1.39 bits per heavy atom. The monoisotopic (exact) mass is 288 g/mol. The van der Waals surface area contributed by atoms with Gasteiger partial charge < -0.3 is 11.1 Å². The van der Waals surface area contributed by atoms with Gasteiger partial charge in [0.05, 0.1) is 15.7 Å². The zero-order valence-electron chi connectivity index (χ0n) is 10.8. The van der Waals surface area contributed by atoms with Crippen molar-refractivity contribution in [3.63, 3.8) is 0 Å². The molecule has 3 N–H and O–H groups in total. The molecule has 0 bridgehead atoms. The van der Waals surface area contributed by atoms with E-state index in [2.05, 4.69) is 19.2 Å². The number of anilines is 1. The quantitative estimate of drug-likeness (QED) is 0.830. The third-order valence-corrected chi connectivity index (χ3v) is 3.70. The van der Waals surface area contributed by atoms with Gasteiger partial charge in [-0.2, -0.15) is 0 Å². The first kappa shape index (κ1) is 15.1. The molecule has 1 amide bonds. The van der Waals surface area contributed by atoms with Crippen LogP contribution in [0, 0.1) is 5.92 Å². The summed E-state index contributed by atoms with van der Waals surface area (Å²) in [5, 5.41) is 3.53. The number of halogens is 2. The molecule has 0 aliphatic rings. The third kappa shape index (κ3) is 3.53. The number of carbonyl (C=O) groups is 1. The molecule has 0 fully saturated rings. The first-order chi connectivity index (χ1) is 8.36. The van der Waals surface area contributed by atoms with Crippen LogP contribution in [-0.2, 0) is 0 Å². The molecule has 0 aromatic heterocycles. The van der Waals surface area contributed by atoms with Crippen LogP contribution >= 0.6 is 23.2 Å². The van der Waals surface area contributed by atoms with Gasteiger partial charge >= 0.3 is 0 Å². The molecule has 1 unspecified atom stereocenters. The van der Waals surface area contributed by atoms with Gasteiger partial charge in [-0.15, -0.1) is 0 Å². The van der Waals surface area contributed by atoms with E-state index in [0.29, 0.717) is 22.2 Å². The maximum absolute atomic E-state index is 12.1. The highest BCUT2D eigenvalue weighted by Gasteiger charge is 2.17. The summed E-state index contributed by atoms with van der Waals surface area (Å²) in [5.74, 6) is 0.194. The van der Waals surface area contributed by atoms with Crippen LogP contribution < -0.4 is 11.1 Å². The third-order valence-electron chi connectivity index (χ3n) is 2.88. The van der Waals surface area contributed by atoms with Crippen LogP contribution in [-0.4, -0.2) is 11.9 Å². The van der Waals surface area contributed by atoms with Gasteiger partial charge in [0.2, 0.25) is 0 Å². The average molecular weight is 289 g/mol. The van der Waals surface area contributed by atoms with Gasteiger partial charge in [-0.05, 0) is 24.5 Å². The highest BCUT2D eigenvalue weighted by atomic mass is 35.5. The minimum Gasteiger partial charge on any atom is -0.397 e. The maximum atomic E-state index is 12.1. The molecule has 0 aliphatic carbocycles. The molecule has 1 aromatic carbocycles. The fourth-order valence-corrected chi connectivity index (χ4v) is 2.07. The van der Waals surface area contributed by atoms with Crippen molar-refractivity contribution in [1.82, 2.24) is 5.32 Å². The molecule has 0 saturated heterocycles. The fraction of sp³-hybridized carbons (Fsp3) is 0.462. The van der Waals surface area contributed by atoms with Crippen molar-refractivity contribution in [2.75, 3.05) is 5.73 Å². The van der Waals surface area contributed by atoms with Crippen LogP contribution in [0.25, 0.3) is 0 Å². The zero-order chi connectivity index (χ0) is 13.9. The molecule has 0 heterocycles. The lowest BCUT2D eigenvalue weighted by atomic mass is 10.0. The first-order valence-corrected chi connectivity index (χ1v) is 6.67. The molecule has 1 rings (SSSR count). The first-order valence-electron chi connectivity index (χ1n) is 5.92. The van der Waals surface area contributed by atoms with E-state index in [0.717, 1.165) is 6.42 Å². The Balaban J connectivity index is 2.91. The molecule has 0 radical (unpaired) electrons. The predicted molar refractivity (Wildman–Crippen MR) is 77.3 cm³/mol. The number of hydrogen-bond acceptors (Lipinski definition) is 2. The van der Waals surface area contributed by atoms with Crippen LogP contribution in [0.5, 0.6) is 0 Å². The Labute approximate surface area is 118 Å². The Bertz CT molecular complexity index is 424. The Hall–Kier alpha value is -0.930. The Kier molecular flexibility index (Phi) is 5.29. The van der Waals surface area contributed by atoms with Gasteiger partial charge in [0, 0.05) is 11.6 Å². The van der Waals surface area contributed by atoms with Crippen molar-refractivity contribution in [3.8, 4) is 0 Å². The van der Waals surface area contributed by atoms with E-state index in [4.69, 9.17) is 28.9 Å². The molecule has 3 nitrogen and oxygen atoms in total. The zero-order valence-corrected chi connectivity index (χ0v) is 12.3. The molecule has 1 aromatic rings. The summed E-state index contributed by atoms with van der Waals surface area (Å²) >= 11 is 11.8. The van der Waals surface area contributed by atoms with Crippen molar-refractivity contribution >= 4 is 34.8 Å². The van der Waals surface area contributed by atoms with E-state index < -0.39 is 0 Å². The molecular formula is C13H18Cl2N2O. The van der Waals surface area contributed by atoms with E-state index in [1.807, 2.05) is 6.92 Å². The van der Waals surface area contributed by atoms with Gasteiger partial charge in [-0.1, -0.05) is 44.0 Å². The number of hydrogen-bond donors (Lipinski definition) is 2. The van der Waals surface area contributed by atoms with Crippen LogP contribution in [0.4, 0.5) is 5.69 Å². The summed E-state index contributed by atoms with van der Waals surface area (Å²) in [6.45, 7) is 6.17. The van der Waals surface area contributed by atoms with Gasteiger partial charge in [0.25, 0.3) is 5.91 Å². The second kappa shape index (κ2) is 6.30. The second-order valence-electron chi connectivity index (χ2n) is 4.59. The number of nitrogens with two attached hydrogens (primary N) is 1. The van der Waals surface area contributed by atoms with Crippen molar-refractivity contribution in [2.45, 2.75) is 33.2 Å². The highest BCUT2D eigenvalue weighted by Crippen LogP contribution is 2.29. The van der Waals surface area contributed by atoms with Crippen LogP contribution in [0.3, 0.4) is 0 Å². The fourth-order valence-electron chi connectivity index (χ4n) is 1.73. The van der Waals surface area contributed by atoms with E-state index >= 15 is 0 Å². The Morgan fingerprint density at radius 2 is 2.00 bits per heavy atom. The molecule has 0 aliphatic heterocycles. The summed E-state index contributed by atoms with van der Waals surface area (Å²) in [7, 11) is 0. The molecule has 18 heavy (non-hydrogen) atoms. The smallest absolute Gasteiger partial charge is 0.251 e. The van der Waals surface area contributed by atoms with Crippen LogP contribution in [0.15, 0.2) is 12.1 Å². The lowest BCUT2D eigenvalue weighted by Gasteiger charge is -2.21. The maximum Gasteiger partial charge on any atom is 0.251 e. The molecule has 100 valence electrons. The number of nitrogen functional groups attached to an aromatic ring is 1. The topological polar surface area (TPSA) is 55.1 Å². The summed E-state index contributed by atoms with van der Waals surface area (Å²) in [6, 6.07) is 3.20. The van der Waals surface area contributed by atoms with E-state index in [1.165, 1.54) is 12.1 Å². The lowest BCUT2D eigenvalue weighted by molar-refractivity contribution is 0.0924. The van der Waals surface area contributed by atoms with E-state index in [-0.39, 0.29) is 17.0 Å². The minimum atomic E-state index is -0.180. The number of carbonyl (C=O) groups excluding carboxylic acids is 1. The van der Waals surface area contributed by atoms with Gasteiger partial charge in [0.1, 0.15) is 0 Å². The molecule has 0 spiro atoms. The van der Waals surface area contributed by atoms with Gasteiger partial charge in [-0.3, -0.25) is 4.79 Å². The summed E-state index contributed by atoms with van der Waals surface area (Å²) in [4.78, 5) is 12.1. The number of benzene rings is 1. The molecule has 0 saturated carbocycles. The number of amides is 1. The standard InChI is InChI=1S/C13H18Cl2N2O/c1-4-11(7(2)3)17-13(18)8-5-9(14)12(15)10(16)6-8/h5-7,11H,4,16H2,1-3H3,(H,17,18). The van der Waals surface area contributed by atoms with Crippen LogP contribution in [0.1, 0.15) is 37.6 Å². The second-order valence-corrected chi connectivity index (χ2v) is 5.38. The van der Waals surface area contributed by atoms with Crippen LogP contribution in [0.2, 0.25) is 10.0 Å². The molecule has 1 atom stereocenters. The summed E-state index contributed by atoms with van der Waals surface area (Å²) in [5.41, 5.74) is 6.43. The number of nitrogens with one attached hydrogen (secondary N) is 1. The van der Waals surface area contributed by atoms with Crippen molar-refractivity contribution in [3.05, 3.63) is 27.7 Å². The minimum absolute atomic E-state index is 0.133. The molecular weight excluding hydrogens is 271 g/mol.